The van der Waals surface area contributed by atoms with Crippen molar-refractivity contribution in [1.29, 1.82) is 0 Å². The number of hydrogen-bond donors (Lipinski definition) is 1. The van der Waals surface area contributed by atoms with Gasteiger partial charge in [-0.1, -0.05) is 0 Å². The molecule has 0 bridgehead atoms. The molecule has 0 aliphatic rings. The van der Waals surface area contributed by atoms with Crippen molar-refractivity contribution in [3.63, 3.8) is 0 Å². The van der Waals surface area contributed by atoms with Gasteiger partial charge in [0.25, 0.3) is 0 Å². The minimum Gasteiger partial charge on any atom is -0.385 e. The highest BCUT2D eigenvalue weighted by atomic mass is 32.2. The molecule has 2 N–H and O–H groups in total. The number of thioether (sulfide) groups is 1. The van der Waals surface area contributed by atoms with Crippen molar-refractivity contribution in [1.82, 2.24) is 4.98 Å². The van der Waals surface area contributed by atoms with Crippen molar-refractivity contribution < 1.29 is 4.74 Å². The average molecular weight is 212 g/mol. The molecule has 0 radical (unpaired) electrons. The van der Waals surface area contributed by atoms with Crippen molar-refractivity contribution in [2.24, 2.45) is 5.73 Å². The summed E-state index contributed by atoms with van der Waals surface area (Å²) in [5.41, 5.74) is 6.56. The van der Waals surface area contributed by atoms with Crippen molar-refractivity contribution in [3.8, 4) is 0 Å². The standard InChI is InChI=1S/C10H16N2OS/c1-13-6-3-7-14-10-4-2-5-12-9(10)8-11/h2,4-5H,3,6-8,11H2,1H3. The minimum atomic E-state index is 0.507. The van der Waals surface area contributed by atoms with Crippen LogP contribution in [0.15, 0.2) is 23.2 Å². The van der Waals surface area contributed by atoms with Crippen molar-refractivity contribution >= 4 is 11.8 Å². The molecule has 0 unspecified atom stereocenters. The van der Waals surface area contributed by atoms with E-state index in [9.17, 15) is 0 Å². The van der Waals surface area contributed by atoms with Crippen molar-refractivity contribution in [3.05, 3.63) is 24.0 Å². The topological polar surface area (TPSA) is 48.1 Å². The lowest BCUT2D eigenvalue weighted by molar-refractivity contribution is 0.200. The number of hydrogen-bond acceptors (Lipinski definition) is 4. The van der Waals surface area contributed by atoms with E-state index in [1.54, 1.807) is 25.1 Å². The van der Waals surface area contributed by atoms with E-state index in [1.807, 2.05) is 6.07 Å². The van der Waals surface area contributed by atoms with Gasteiger partial charge in [-0.3, -0.25) is 4.98 Å². The molecule has 0 aliphatic heterocycles. The monoisotopic (exact) mass is 212 g/mol. The molecule has 1 rings (SSSR count). The second-order valence-corrected chi connectivity index (χ2v) is 3.98. The molecule has 0 saturated carbocycles. The summed E-state index contributed by atoms with van der Waals surface area (Å²) in [6, 6.07) is 4.00. The van der Waals surface area contributed by atoms with Gasteiger partial charge < -0.3 is 10.5 Å². The first-order chi connectivity index (χ1) is 6.88. The van der Waals surface area contributed by atoms with Crippen LogP contribution in [0, 0.1) is 0 Å². The van der Waals surface area contributed by atoms with Gasteiger partial charge in [0.15, 0.2) is 0 Å². The quantitative estimate of drug-likeness (QED) is 0.575. The Morgan fingerprint density at radius 2 is 2.43 bits per heavy atom. The van der Waals surface area contributed by atoms with Gasteiger partial charge in [-0.25, -0.2) is 0 Å². The molecule has 1 aromatic heterocycles. The Hall–Kier alpha value is -0.580. The van der Waals surface area contributed by atoms with Gasteiger partial charge in [0, 0.05) is 37.1 Å². The van der Waals surface area contributed by atoms with Gasteiger partial charge in [-0.15, -0.1) is 11.8 Å². The molecule has 0 aliphatic carbocycles. The van der Waals surface area contributed by atoms with Crippen LogP contribution in [0.1, 0.15) is 12.1 Å². The number of nitrogens with two attached hydrogens (primary N) is 1. The molecule has 1 heterocycles. The van der Waals surface area contributed by atoms with E-state index in [0.29, 0.717) is 6.54 Å². The highest BCUT2D eigenvalue weighted by molar-refractivity contribution is 7.99. The van der Waals surface area contributed by atoms with Gasteiger partial charge >= 0.3 is 0 Å². The largest absolute Gasteiger partial charge is 0.385 e. The maximum atomic E-state index is 5.58. The van der Waals surface area contributed by atoms with E-state index >= 15 is 0 Å². The molecule has 4 heteroatoms. The van der Waals surface area contributed by atoms with Crippen LogP contribution in [-0.4, -0.2) is 24.5 Å². The van der Waals surface area contributed by atoms with Crippen LogP contribution in [-0.2, 0) is 11.3 Å². The second-order valence-electron chi connectivity index (χ2n) is 2.85. The van der Waals surface area contributed by atoms with E-state index in [-0.39, 0.29) is 0 Å². The van der Waals surface area contributed by atoms with Gasteiger partial charge in [0.1, 0.15) is 0 Å². The predicted octanol–water partition coefficient (Wildman–Crippen LogP) is 1.67. The number of ether oxygens (including phenoxy) is 1. The Morgan fingerprint density at radius 3 is 3.14 bits per heavy atom. The lowest BCUT2D eigenvalue weighted by Crippen LogP contribution is -2.01. The third kappa shape index (κ3) is 3.65. The summed E-state index contributed by atoms with van der Waals surface area (Å²) < 4.78 is 4.98. The van der Waals surface area contributed by atoms with E-state index in [0.717, 1.165) is 24.5 Å². The normalized spacial score (nSPS) is 10.4. The van der Waals surface area contributed by atoms with E-state index in [1.165, 1.54) is 4.90 Å². The first kappa shape index (κ1) is 11.5. The number of methoxy groups -OCH3 is 1. The third-order valence-electron chi connectivity index (χ3n) is 1.79. The fraction of sp³-hybridized carbons (Fsp3) is 0.500. The minimum absolute atomic E-state index is 0.507. The Kier molecular flexibility index (Phi) is 5.59. The summed E-state index contributed by atoms with van der Waals surface area (Å²) in [5.74, 6) is 1.05. The second kappa shape index (κ2) is 6.81. The first-order valence-electron chi connectivity index (χ1n) is 4.64. The van der Waals surface area contributed by atoms with Crippen LogP contribution >= 0.6 is 11.8 Å². The van der Waals surface area contributed by atoms with Gasteiger partial charge in [-0.2, -0.15) is 0 Å². The smallest absolute Gasteiger partial charge is 0.0674 e. The van der Waals surface area contributed by atoms with Crippen LogP contribution in [0.5, 0.6) is 0 Å². The molecular formula is C10H16N2OS. The van der Waals surface area contributed by atoms with Gasteiger partial charge in [-0.05, 0) is 18.6 Å². The maximum absolute atomic E-state index is 5.58. The highest BCUT2D eigenvalue weighted by Gasteiger charge is 2.00. The Bertz CT molecular complexity index is 268. The Balaban J connectivity index is 2.41. The lowest BCUT2D eigenvalue weighted by Gasteiger charge is -2.05. The van der Waals surface area contributed by atoms with Crippen LogP contribution in [0.4, 0.5) is 0 Å². The molecule has 0 aromatic carbocycles. The third-order valence-corrected chi connectivity index (χ3v) is 2.97. The summed E-state index contributed by atoms with van der Waals surface area (Å²) in [5, 5.41) is 0. The molecule has 0 spiro atoms. The molecule has 1 aromatic rings. The molecule has 0 saturated heterocycles. The molecule has 78 valence electrons. The van der Waals surface area contributed by atoms with Crippen LogP contribution in [0.2, 0.25) is 0 Å². The predicted molar refractivity (Wildman–Crippen MR) is 59.3 cm³/mol. The zero-order chi connectivity index (χ0) is 10.2. The van der Waals surface area contributed by atoms with Crippen LogP contribution in [0.25, 0.3) is 0 Å². The Morgan fingerprint density at radius 1 is 1.57 bits per heavy atom. The highest BCUT2D eigenvalue weighted by Crippen LogP contribution is 2.21. The molecule has 0 fully saturated rings. The summed E-state index contributed by atoms with van der Waals surface area (Å²) in [4.78, 5) is 5.41. The zero-order valence-corrected chi connectivity index (χ0v) is 9.22. The van der Waals surface area contributed by atoms with Gasteiger partial charge in [0.05, 0.1) is 5.69 Å². The number of pyridine rings is 1. The Labute approximate surface area is 89.1 Å². The summed E-state index contributed by atoms with van der Waals surface area (Å²) in [6.45, 7) is 1.32. The lowest BCUT2D eigenvalue weighted by atomic mass is 10.3. The molecule has 14 heavy (non-hydrogen) atoms. The summed E-state index contributed by atoms with van der Waals surface area (Å²) >= 11 is 1.79. The SMILES string of the molecule is COCCCSc1cccnc1CN. The van der Waals surface area contributed by atoms with Crippen molar-refractivity contribution in [2.75, 3.05) is 19.5 Å². The molecular weight excluding hydrogens is 196 g/mol. The van der Waals surface area contributed by atoms with E-state index < -0.39 is 0 Å². The zero-order valence-electron chi connectivity index (χ0n) is 8.40. The number of rotatable bonds is 6. The summed E-state index contributed by atoms with van der Waals surface area (Å²) in [6.07, 6.45) is 2.83. The first-order valence-corrected chi connectivity index (χ1v) is 5.62. The number of nitrogens with zero attached hydrogens (tertiary/aromatic N) is 1. The van der Waals surface area contributed by atoms with Crippen molar-refractivity contribution in [2.45, 2.75) is 17.9 Å². The van der Waals surface area contributed by atoms with Crippen LogP contribution in [0.3, 0.4) is 0 Å². The molecule has 3 nitrogen and oxygen atoms in total. The summed E-state index contributed by atoms with van der Waals surface area (Å²) in [7, 11) is 1.72. The average Bonchev–Trinajstić information content (AvgIpc) is 2.25. The van der Waals surface area contributed by atoms with E-state index in [2.05, 4.69) is 11.1 Å². The molecule has 0 atom stereocenters. The number of aromatic nitrogens is 1. The fourth-order valence-electron chi connectivity index (χ4n) is 1.09. The maximum Gasteiger partial charge on any atom is 0.0674 e. The fourth-order valence-corrected chi connectivity index (χ4v) is 2.05. The van der Waals surface area contributed by atoms with Gasteiger partial charge in [0.2, 0.25) is 0 Å². The van der Waals surface area contributed by atoms with Crippen LogP contribution < -0.4 is 5.73 Å². The molecule has 0 amide bonds. The van der Waals surface area contributed by atoms with E-state index in [4.69, 9.17) is 10.5 Å².